The van der Waals surface area contributed by atoms with Gasteiger partial charge in [-0.1, -0.05) is 62.7 Å². The predicted molar refractivity (Wildman–Crippen MR) is 124 cm³/mol. The van der Waals surface area contributed by atoms with Crippen molar-refractivity contribution in [3.05, 3.63) is 47.5 Å². The first-order chi connectivity index (χ1) is 14.3. The smallest absolute Gasteiger partial charge is 0.0571 e. The van der Waals surface area contributed by atoms with Crippen LogP contribution in [-0.4, -0.2) is 13.2 Å². The summed E-state index contributed by atoms with van der Waals surface area (Å²) in [5.74, 6) is 9.01. The van der Waals surface area contributed by atoms with Crippen LogP contribution in [0.2, 0.25) is 0 Å². The van der Waals surface area contributed by atoms with Crippen LogP contribution in [0.1, 0.15) is 101 Å². The standard InChI is InChI=1S/C28H40O/c1-3-4-5-8-23-11-13-24(14-12-23)9-6-7-10-25-15-17-26(18-16-25)27-19-21-28(29-2)22-20-27/h6,9,15-18,23-24,27-28H,3-5,8,11-14,19-22H2,1-2H3/b9-6+/t23-,24-,27-,28-. The molecular formula is C28H40O. The van der Waals surface area contributed by atoms with Crippen LogP contribution >= 0.6 is 0 Å². The molecule has 0 saturated heterocycles. The Balaban J connectivity index is 1.40. The number of rotatable bonds is 7. The molecule has 1 heteroatoms. The van der Waals surface area contributed by atoms with Gasteiger partial charge in [0, 0.05) is 12.7 Å². The maximum absolute atomic E-state index is 5.49. The molecule has 0 spiro atoms. The summed E-state index contributed by atoms with van der Waals surface area (Å²) >= 11 is 0. The summed E-state index contributed by atoms with van der Waals surface area (Å²) in [4.78, 5) is 0. The molecule has 0 N–H and O–H groups in total. The zero-order valence-electron chi connectivity index (χ0n) is 18.7. The second kappa shape index (κ2) is 12.2. The minimum atomic E-state index is 0.472. The molecule has 2 aliphatic rings. The highest BCUT2D eigenvalue weighted by Gasteiger charge is 2.22. The lowest BCUT2D eigenvalue weighted by Crippen LogP contribution is -2.19. The summed E-state index contributed by atoms with van der Waals surface area (Å²) in [7, 11) is 1.84. The third-order valence-corrected chi connectivity index (χ3v) is 7.17. The third kappa shape index (κ3) is 7.35. The number of hydrogen-bond donors (Lipinski definition) is 0. The van der Waals surface area contributed by atoms with E-state index < -0.39 is 0 Å². The van der Waals surface area contributed by atoms with Crippen molar-refractivity contribution in [2.75, 3.05) is 7.11 Å². The van der Waals surface area contributed by atoms with Gasteiger partial charge in [-0.25, -0.2) is 0 Å². The fourth-order valence-corrected chi connectivity index (χ4v) is 5.13. The second-order valence-corrected chi connectivity index (χ2v) is 9.24. The van der Waals surface area contributed by atoms with Gasteiger partial charge < -0.3 is 4.74 Å². The van der Waals surface area contributed by atoms with Gasteiger partial charge in [0.15, 0.2) is 0 Å². The van der Waals surface area contributed by atoms with E-state index in [1.54, 1.807) is 0 Å². The molecular weight excluding hydrogens is 352 g/mol. The summed E-state index contributed by atoms with van der Waals surface area (Å²) in [5.41, 5.74) is 2.60. The van der Waals surface area contributed by atoms with Crippen molar-refractivity contribution in [2.24, 2.45) is 11.8 Å². The molecule has 0 aromatic heterocycles. The van der Waals surface area contributed by atoms with Gasteiger partial charge >= 0.3 is 0 Å². The van der Waals surface area contributed by atoms with Crippen molar-refractivity contribution in [1.82, 2.24) is 0 Å². The van der Waals surface area contributed by atoms with Crippen LogP contribution in [0, 0.1) is 23.7 Å². The van der Waals surface area contributed by atoms with Crippen LogP contribution in [0.15, 0.2) is 36.4 Å². The van der Waals surface area contributed by atoms with Gasteiger partial charge in [0.05, 0.1) is 6.10 Å². The maximum Gasteiger partial charge on any atom is 0.0571 e. The molecule has 158 valence electrons. The van der Waals surface area contributed by atoms with Crippen LogP contribution in [-0.2, 0) is 4.74 Å². The number of unbranched alkanes of at least 4 members (excludes halogenated alkanes) is 2. The van der Waals surface area contributed by atoms with Gasteiger partial charge in [-0.15, -0.1) is 0 Å². The van der Waals surface area contributed by atoms with Crippen LogP contribution in [0.4, 0.5) is 0 Å². The van der Waals surface area contributed by atoms with Crippen molar-refractivity contribution < 1.29 is 4.74 Å². The van der Waals surface area contributed by atoms with Crippen molar-refractivity contribution in [1.29, 1.82) is 0 Å². The van der Waals surface area contributed by atoms with Gasteiger partial charge in [0.2, 0.25) is 0 Å². The average molecular weight is 393 g/mol. The first kappa shape index (κ1) is 22.2. The Kier molecular flexibility index (Phi) is 9.36. The molecule has 0 aliphatic heterocycles. The van der Waals surface area contributed by atoms with E-state index in [1.807, 2.05) is 7.11 Å². The Morgan fingerprint density at radius 1 is 0.931 bits per heavy atom. The lowest BCUT2D eigenvalue weighted by Gasteiger charge is -2.27. The molecule has 29 heavy (non-hydrogen) atoms. The number of benzene rings is 1. The normalized spacial score (nSPS) is 27.5. The summed E-state index contributed by atoms with van der Waals surface area (Å²) < 4.78 is 5.49. The van der Waals surface area contributed by atoms with Crippen molar-refractivity contribution in [3.63, 3.8) is 0 Å². The Hall–Kier alpha value is -1.52. The van der Waals surface area contributed by atoms with Crippen LogP contribution in [0.3, 0.4) is 0 Å². The van der Waals surface area contributed by atoms with Gasteiger partial charge in [-0.05, 0) is 92.9 Å². The Labute approximate surface area is 179 Å². The van der Waals surface area contributed by atoms with Gasteiger partial charge in [-0.3, -0.25) is 0 Å². The number of allylic oxidation sites excluding steroid dienone is 2. The van der Waals surface area contributed by atoms with E-state index in [1.165, 1.54) is 82.6 Å². The van der Waals surface area contributed by atoms with Crippen molar-refractivity contribution in [2.45, 2.75) is 96.0 Å². The molecule has 0 atom stereocenters. The Morgan fingerprint density at radius 2 is 1.66 bits per heavy atom. The molecule has 0 bridgehead atoms. The summed E-state index contributed by atoms with van der Waals surface area (Å²) in [6.07, 6.45) is 21.0. The van der Waals surface area contributed by atoms with E-state index in [-0.39, 0.29) is 0 Å². The van der Waals surface area contributed by atoms with Crippen LogP contribution in [0.5, 0.6) is 0 Å². The van der Waals surface area contributed by atoms with Crippen molar-refractivity contribution >= 4 is 0 Å². The SMILES string of the molecule is CCCCC[C@H]1CC[C@H](/C=C/C#Cc2ccc([C@H]3CC[C@H](OC)CC3)cc2)CC1. The molecule has 2 aliphatic carbocycles. The van der Waals surface area contributed by atoms with Gasteiger partial charge in [-0.2, -0.15) is 0 Å². The van der Waals surface area contributed by atoms with E-state index in [0.717, 1.165) is 17.4 Å². The molecule has 0 amide bonds. The van der Waals surface area contributed by atoms with Gasteiger partial charge in [0.25, 0.3) is 0 Å². The zero-order chi connectivity index (χ0) is 20.3. The minimum Gasteiger partial charge on any atom is -0.381 e. The molecule has 1 aromatic rings. The summed E-state index contributed by atoms with van der Waals surface area (Å²) in [6, 6.07) is 8.96. The molecule has 1 nitrogen and oxygen atoms in total. The molecule has 1 aromatic carbocycles. The van der Waals surface area contributed by atoms with E-state index in [4.69, 9.17) is 4.74 Å². The number of ether oxygens (including phenoxy) is 1. The first-order valence-corrected chi connectivity index (χ1v) is 12.1. The molecule has 0 radical (unpaired) electrons. The average Bonchev–Trinajstić information content (AvgIpc) is 2.78. The van der Waals surface area contributed by atoms with E-state index in [9.17, 15) is 0 Å². The molecule has 2 fully saturated rings. The topological polar surface area (TPSA) is 9.23 Å². The van der Waals surface area contributed by atoms with Crippen LogP contribution in [0.25, 0.3) is 0 Å². The lowest BCUT2D eigenvalue weighted by atomic mass is 9.79. The van der Waals surface area contributed by atoms with Gasteiger partial charge in [0.1, 0.15) is 0 Å². The Morgan fingerprint density at radius 3 is 2.31 bits per heavy atom. The van der Waals surface area contributed by atoms with Crippen molar-refractivity contribution in [3.8, 4) is 11.8 Å². The zero-order valence-corrected chi connectivity index (χ0v) is 18.7. The lowest BCUT2D eigenvalue weighted by molar-refractivity contribution is 0.0659. The van der Waals surface area contributed by atoms with E-state index in [2.05, 4.69) is 55.2 Å². The molecule has 0 unspecified atom stereocenters. The second-order valence-electron chi connectivity index (χ2n) is 9.24. The maximum atomic E-state index is 5.49. The third-order valence-electron chi connectivity index (χ3n) is 7.17. The fourth-order valence-electron chi connectivity index (χ4n) is 5.13. The summed E-state index contributed by atoms with van der Waals surface area (Å²) in [6.45, 7) is 2.30. The number of hydrogen-bond acceptors (Lipinski definition) is 1. The molecule has 2 saturated carbocycles. The van der Waals surface area contributed by atoms with E-state index >= 15 is 0 Å². The largest absolute Gasteiger partial charge is 0.381 e. The fraction of sp³-hybridized carbons (Fsp3) is 0.643. The highest BCUT2D eigenvalue weighted by Crippen LogP contribution is 2.34. The predicted octanol–water partition coefficient (Wildman–Crippen LogP) is 7.65. The van der Waals surface area contributed by atoms with E-state index in [0.29, 0.717) is 12.0 Å². The quantitative estimate of drug-likeness (QED) is 0.342. The highest BCUT2D eigenvalue weighted by atomic mass is 16.5. The monoisotopic (exact) mass is 392 g/mol. The summed E-state index contributed by atoms with van der Waals surface area (Å²) in [5, 5.41) is 0. The van der Waals surface area contributed by atoms with Crippen LogP contribution < -0.4 is 0 Å². The minimum absolute atomic E-state index is 0.472. The molecule has 0 heterocycles. The first-order valence-electron chi connectivity index (χ1n) is 12.1. The highest BCUT2D eigenvalue weighted by molar-refractivity contribution is 5.39. The Bertz CT molecular complexity index is 659. The molecule has 3 rings (SSSR count). The number of methoxy groups -OCH3 is 1.